The number of methoxy groups -OCH3 is 1. The van der Waals surface area contributed by atoms with E-state index < -0.39 is 0 Å². The lowest BCUT2D eigenvalue weighted by Gasteiger charge is -2.33. The normalized spacial score (nSPS) is 18.7. The molecule has 8 heteroatoms. The van der Waals surface area contributed by atoms with Gasteiger partial charge in [-0.2, -0.15) is 0 Å². The van der Waals surface area contributed by atoms with Crippen LogP contribution in [0, 0.1) is 6.92 Å². The number of hydrogen-bond acceptors (Lipinski definition) is 8. The maximum Gasteiger partial charge on any atom is 0.211 e. The minimum atomic E-state index is -0.0629. The van der Waals surface area contributed by atoms with Gasteiger partial charge >= 0.3 is 0 Å². The summed E-state index contributed by atoms with van der Waals surface area (Å²) in [6, 6.07) is 10.6. The van der Waals surface area contributed by atoms with Gasteiger partial charge in [-0.25, -0.2) is 4.98 Å². The van der Waals surface area contributed by atoms with Crippen LogP contribution in [0.2, 0.25) is 0 Å². The van der Waals surface area contributed by atoms with Crippen LogP contribution in [0.5, 0.6) is 5.75 Å². The third kappa shape index (κ3) is 4.56. The van der Waals surface area contributed by atoms with Crippen molar-refractivity contribution in [3.63, 3.8) is 0 Å². The molecule has 1 saturated heterocycles. The van der Waals surface area contributed by atoms with Crippen molar-refractivity contribution in [1.29, 1.82) is 0 Å². The third-order valence-electron chi connectivity index (χ3n) is 5.90. The molecule has 31 heavy (non-hydrogen) atoms. The van der Waals surface area contributed by atoms with Gasteiger partial charge in [0.15, 0.2) is 0 Å². The van der Waals surface area contributed by atoms with Gasteiger partial charge in [-0.3, -0.25) is 4.90 Å². The average Bonchev–Trinajstić information content (AvgIpc) is 3.41. The molecule has 0 bridgehead atoms. The smallest absolute Gasteiger partial charge is 0.211 e. The number of anilines is 2. The van der Waals surface area contributed by atoms with Crippen molar-refractivity contribution in [3.8, 4) is 5.75 Å². The number of benzene rings is 1. The van der Waals surface area contributed by atoms with E-state index in [4.69, 9.17) is 14.5 Å². The first-order chi connectivity index (χ1) is 15.2. The second-order valence-electron chi connectivity index (χ2n) is 8.08. The summed E-state index contributed by atoms with van der Waals surface area (Å²) < 4.78 is 11.8. The van der Waals surface area contributed by atoms with Crippen LogP contribution in [0.4, 0.5) is 10.9 Å². The van der Waals surface area contributed by atoms with Crippen LogP contribution in [0.15, 0.2) is 30.3 Å². The quantitative estimate of drug-likeness (QED) is 0.623. The van der Waals surface area contributed by atoms with Crippen LogP contribution in [0.3, 0.4) is 0 Å². The number of hydrogen-bond donors (Lipinski definition) is 1. The summed E-state index contributed by atoms with van der Waals surface area (Å²) in [7, 11) is 1.77. The van der Waals surface area contributed by atoms with Gasteiger partial charge in [-0.05, 0) is 55.5 Å². The summed E-state index contributed by atoms with van der Waals surface area (Å²) >= 11 is 1.51. The van der Waals surface area contributed by atoms with Gasteiger partial charge in [0.1, 0.15) is 22.7 Å². The molecule has 0 unspecified atom stereocenters. The number of nitrogens with one attached hydrogen (secondary N) is 1. The molecule has 1 aliphatic heterocycles. The molecule has 7 nitrogen and oxygen atoms in total. The number of morpholine rings is 1. The van der Waals surface area contributed by atoms with E-state index in [1.54, 1.807) is 7.11 Å². The van der Waals surface area contributed by atoms with Crippen molar-refractivity contribution >= 4 is 22.3 Å². The van der Waals surface area contributed by atoms with Gasteiger partial charge in [0, 0.05) is 25.2 Å². The topological polar surface area (TPSA) is 72.4 Å². The molecule has 3 aromatic rings. The number of aromatic nitrogens is 3. The molecular formula is C23H27N5O2S. The Morgan fingerprint density at radius 1 is 1.23 bits per heavy atom. The van der Waals surface area contributed by atoms with E-state index in [0.29, 0.717) is 6.61 Å². The number of ether oxygens (including phenoxy) is 2. The molecular weight excluding hydrogens is 410 g/mol. The van der Waals surface area contributed by atoms with Crippen molar-refractivity contribution in [2.45, 2.75) is 38.8 Å². The molecule has 1 fully saturated rings. The number of nitrogens with zero attached hydrogens (tertiary/aromatic N) is 4. The van der Waals surface area contributed by atoms with E-state index in [0.717, 1.165) is 53.5 Å². The summed E-state index contributed by atoms with van der Waals surface area (Å²) in [6.45, 7) is 5.19. The fourth-order valence-corrected chi connectivity index (χ4v) is 4.99. The molecule has 162 valence electrons. The van der Waals surface area contributed by atoms with Crippen molar-refractivity contribution in [1.82, 2.24) is 20.1 Å². The number of rotatable bonds is 6. The minimum absolute atomic E-state index is 0.0629. The summed E-state index contributed by atoms with van der Waals surface area (Å²) in [5.74, 6) is 1.76. The second-order valence-corrected chi connectivity index (χ2v) is 9.26. The zero-order valence-corrected chi connectivity index (χ0v) is 18.7. The fraction of sp³-hybridized carbons (Fsp3) is 0.435. The van der Waals surface area contributed by atoms with Crippen molar-refractivity contribution in [3.05, 3.63) is 57.7 Å². The van der Waals surface area contributed by atoms with Crippen LogP contribution < -0.4 is 10.1 Å². The predicted octanol–water partition coefficient (Wildman–Crippen LogP) is 4.06. The molecule has 0 saturated carbocycles. The molecule has 1 aliphatic carbocycles. The number of pyridine rings is 1. The van der Waals surface area contributed by atoms with E-state index in [2.05, 4.69) is 32.5 Å². The Labute approximate surface area is 186 Å². The molecule has 1 N–H and O–H groups in total. The molecule has 1 aromatic carbocycles. The first-order valence-electron chi connectivity index (χ1n) is 10.7. The fourth-order valence-electron chi connectivity index (χ4n) is 4.39. The van der Waals surface area contributed by atoms with E-state index in [1.165, 1.54) is 40.9 Å². The van der Waals surface area contributed by atoms with Crippen LogP contribution in [0.25, 0.3) is 0 Å². The highest BCUT2D eigenvalue weighted by atomic mass is 32.1. The number of fused-ring (bicyclic) bond motifs is 1. The highest BCUT2D eigenvalue weighted by Crippen LogP contribution is 2.32. The van der Waals surface area contributed by atoms with Crippen LogP contribution in [-0.4, -0.2) is 46.9 Å². The Balaban J connectivity index is 1.29. The minimum Gasteiger partial charge on any atom is -0.496 e. The summed E-state index contributed by atoms with van der Waals surface area (Å²) in [6.07, 6.45) is 3.52. The molecule has 2 aliphatic rings. The lowest BCUT2D eigenvalue weighted by atomic mass is 10.0. The lowest BCUT2D eigenvalue weighted by Crippen LogP contribution is -2.38. The summed E-state index contributed by atoms with van der Waals surface area (Å²) in [4.78, 5) is 7.21. The Morgan fingerprint density at radius 3 is 2.90 bits per heavy atom. The standard InChI is InChI=1S/C23H27N5O2S/c1-15-26-27-23(31-15)25-22-8-4-7-19(24-22)21-14-28(9-10-30-21)13-18-11-16-5-3-6-17(16)12-20(18)29-2/h4,7-8,11-12,21H,3,5-6,9-10,13-14H2,1-2H3,(H,24,25,27)/t21-/m0/s1. The molecule has 5 rings (SSSR count). The first kappa shape index (κ1) is 20.4. The van der Waals surface area contributed by atoms with E-state index in [9.17, 15) is 0 Å². The SMILES string of the molecule is COc1cc2c(cc1CN1CCO[C@H](c3cccc(Nc4nnc(C)s4)n3)C1)CCC2. The molecule has 2 aromatic heterocycles. The predicted molar refractivity (Wildman–Crippen MR) is 121 cm³/mol. The highest BCUT2D eigenvalue weighted by molar-refractivity contribution is 7.15. The number of aryl methyl sites for hydroxylation is 3. The van der Waals surface area contributed by atoms with E-state index in [-0.39, 0.29) is 6.10 Å². The van der Waals surface area contributed by atoms with Crippen LogP contribution in [-0.2, 0) is 24.1 Å². The first-order valence-corrected chi connectivity index (χ1v) is 11.6. The maximum absolute atomic E-state index is 6.08. The Kier molecular flexibility index (Phi) is 5.85. The molecule has 3 heterocycles. The average molecular weight is 438 g/mol. The van der Waals surface area contributed by atoms with Crippen LogP contribution >= 0.6 is 11.3 Å². The van der Waals surface area contributed by atoms with Gasteiger partial charge < -0.3 is 14.8 Å². The zero-order valence-electron chi connectivity index (χ0n) is 17.9. The Morgan fingerprint density at radius 2 is 2.10 bits per heavy atom. The van der Waals surface area contributed by atoms with Gasteiger partial charge in [0.05, 0.1) is 19.4 Å². The Bertz CT molecular complexity index is 1070. The van der Waals surface area contributed by atoms with Gasteiger partial charge in [-0.15, -0.1) is 10.2 Å². The second kappa shape index (κ2) is 8.90. The largest absolute Gasteiger partial charge is 0.496 e. The van der Waals surface area contributed by atoms with Gasteiger partial charge in [0.25, 0.3) is 0 Å². The van der Waals surface area contributed by atoms with Crippen LogP contribution in [0.1, 0.15) is 39.9 Å². The molecule has 0 amide bonds. The monoisotopic (exact) mass is 437 g/mol. The highest BCUT2D eigenvalue weighted by Gasteiger charge is 2.25. The third-order valence-corrected chi connectivity index (χ3v) is 6.66. The van der Waals surface area contributed by atoms with Gasteiger partial charge in [0.2, 0.25) is 5.13 Å². The molecule has 0 spiro atoms. The lowest BCUT2D eigenvalue weighted by molar-refractivity contribution is -0.0351. The Hall–Kier alpha value is -2.55. The molecule has 0 radical (unpaired) electrons. The summed E-state index contributed by atoms with van der Waals surface area (Å²) in [5.41, 5.74) is 5.11. The van der Waals surface area contributed by atoms with E-state index >= 15 is 0 Å². The summed E-state index contributed by atoms with van der Waals surface area (Å²) in [5, 5.41) is 13.1. The van der Waals surface area contributed by atoms with Crippen molar-refractivity contribution in [2.75, 3.05) is 32.1 Å². The van der Waals surface area contributed by atoms with Crippen molar-refractivity contribution < 1.29 is 9.47 Å². The maximum atomic E-state index is 6.08. The zero-order chi connectivity index (χ0) is 21.2. The van der Waals surface area contributed by atoms with E-state index in [1.807, 2.05) is 25.1 Å². The molecule has 1 atom stereocenters. The van der Waals surface area contributed by atoms with Gasteiger partial charge in [-0.1, -0.05) is 23.5 Å². The van der Waals surface area contributed by atoms with Crippen molar-refractivity contribution in [2.24, 2.45) is 0 Å².